The number of aliphatic hydroxyl groups excluding tert-OH is 1. The van der Waals surface area contributed by atoms with Crippen LogP contribution < -0.4 is 0 Å². The van der Waals surface area contributed by atoms with Crippen LogP contribution >= 0.6 is 0 Å². The zero-order valence-electron chi connectivity index (χ0n) is 8.94. The third-order valence-corrected chi connectivity index (χ3v) is 2.50. The van der Waals surface area contributed by atoms with Crippen LogP contribution in [0, 0.1) is 5.82 Å². The largest absolute Gasteiger partial charge is 0.501 e. The van der Waals surface area contributed by atoms with Crippen molar-refractivity contribution >= 4 is 11.8 Å². The summed E-state index contributed by atoms with van der Waals surface area (Å²) in [5, 5.41) is 9.41. The second-order valence-corrected chi connectivity index (χ2v) is 3.63. The van der Waals surface area contributed by atoms with Gasteiger partial charge in [0.05, 0.1) is 5.57 Å². The van der Waals surface area contributed by atoms with Crippen LogP contribution in [0.5, 0.6) is 0 Å². The molecule has 0 aromatic heterocycles. The van der Waals surface area contributed by atoms with E-state index in [-0.39, 0.29) is 11.1 Å². The SMILES string of the molecule is CC(=O)C1=C(O)C(=O)O[C@H]1c1ccccc1F. The molecule has 5 heteroatoms. The number of esters is 1. The number of rotatable bonds is 2. The van der Waals surface area contributed by atoms with Gasteiger partial charge in [0.15, 0.2) is 11.9 Å². The van der Waals surface area contributed by atoms with E-state index in [1.165, 1.54) is 25.1 Å². The Bertz CT molecular complexity index is 533. The quantitative estimate of drug-likeness (QED) is 0.795. The Balaban J connectivity index is 2.52. The number of hydrogen-bond acceptors (Lipinski definition) is 4. The minimum absolute atomic E-state index is 0.0510. The first kappa shape index (κ1) is 11.3. The molecule has 0 spiro atoms. The van der Waals surface area contributed by atoms with E-state index in [0.717, 1.165) is 0 Å². The second-order valence-electron chi connectivity index (χ2n) is 3.63. The Morgan fingerprint density at radius 1 is 1.41 bits per heavy atom. The zero-order valence-corrected chi connectivity index (χ0v) is 8.94. The average Bonchev–Trinajstić information content (AvgIpc) is 2.56. The van der Waals surface area contributed by atoms with E-state index >= 15 is 0 Å². The number of benzene rings is 1. The number of ketones is 1. The molecule has 0 fully saturated rings. The third kappa shape index (κ3) is 1.80. The van der Waals surface area contributed by atoms with Gasteiger partial charge >= 0.3 is 5.97 Å². The number of cyclic esters (lactones) is 1. The Morgan fingerprint density at radius 2 is 2.06 bits per heavy atom. The standard InChI is InChI=1S/C12H9FO4/c1-6(14)9-10(15)12(16)17-11(9)7-4-2-3-5-8(7)13/h2-5,11,15H,1H3/t11-/m0/s1. The highest BCUT2D eigenvalue weighted by Gasteiger charge is 2.38. The van der Waals surface area contributed by atoms with Crippen molar-refractivity contribution in [2.45, 2.75) is 13.0 Å². The molecule has 1 N–H and O–H groups in total. The van der Waals surface area contributed by atoms with E-state index in [4.69, 9.17) is 4.74 Å². The normalized spacial score (nSPS) is 19.4. The van der Waals surface area contributed by atoms with E-state index in [9.17, 15) is 19.1 Å². The van der Waals surface area contributed by atoms with Crippen LogP contribution in [0.4, 0.5) is 4.39 Å². The molecule has 1 aliphatic heterocycles. The fraction of sp³-hybridized carbons (Fsp3) is 0.167. The molecule has 0 aliphatic carbocycles. The molecule has 1 atom stereocenters. The van der Waals surface area contributed by atoms with E-state index < -0.39 is 29.4 Å². The minimum atomic E-state index is -1.17. The summed E-state index contributed by atoms with van der Waals surface area (Å²) < 4.78 is 18.3. The maximum Gasteiger partial charge on any atom is 0.374 e. The number of hydrogen-bond donors (Lipinski definition) is 1. The minimum Gasteiger partial charge on any atom is -0.501 e. The van der Waals surface area contributed by atoms with Gasteiger partial charge in [0.2, 0.25) is 5.76 Å². The van der Waals surface area contributed by atoms with Crippen LogP contribution in [-0.4, -0.2) is 16.9 Å². The van der Waals surface area contributed by atoms with Gasteiger partial charge in [0.1, 0.15) is 5.82 Å². The van der Waals surface area contributed by atoms with Crippen molar-refractivity contribution in [1.82, 2.24) is 0 Å². The van der Waals surface area contributed by atoms with Crippen molar-refractivity contribution in [2.75, 3.05) is 0 Å². The molecule has 0 saturated heterocycles. The summed E-state index contributed by atoms with van der Waals surface area (Å²) in [5.74, 6) is -2.88. The van der Waals surface area contributed by atoms with E-state index in [1.807, 2.05) is 0 Å². The maximum atomic E-state index is 13.5. The summed E-state index contributed by atoms with van der Waals surface area (Å²) in [6, 6.07) is 5.62. The van der Waals surface area contributed by atoms with Crippen LogP contribution in [0.25, 0.3) is 0 Å². The monoisotopic (exact) mass is 236 g/mol. The summed E-state index contributed by atoms with van der Waals surface area (Å²) in [6.07, 6.45) is -1.17. The van der Waals surface area contributed by atoms with Crippen molar-refractivity contribution in [3.63, 3.8) is 0 Å². The predicted octanol–water partition coefficient (Wildman–Crippen LogP) is 1.82. The van der Waals surface area contributed by atoms with E-state index in [2.05, 4.69) is 0 Å². The fourth-order valence-corrected chi connectivity index (χ4v) is 1.71. The molecule has 2 rings (SSSR count). The average molecular weight is 236 g/mol. The van der Waals surface area contributed by atoms with Crippen molar-refractivity contribution in [3.8, 4) is 0 Å². The molecular weight excluding hydrogens is 227 g/mol. The molecule has 4 nitrogen and oxygen atoms in total. The fourth-order valence-electron chi connectivity index (χ4n) is 1.71. The smallest absolute Gasteiger partial charge is 0.374 e. The highest BCUT2D eigenvalue weighted by atomic mass is 19.1. The van der Waals surface area contributed by atoms with Crippen molar-refractivity contribution in [2.24, 2.45) is 0 Å². The van der Waals surface area contributed by atoms with Crippen LogP contribution in [0.1, 0.15) is 18.6 Å². The molecule has 0 radical (unpaired) electrons. The molecule has 0 saturated carbocycles. The molecule has 17 heavy (non-hydrogen) atoms. The topological polar surface area (TPSA) is 63.6 Å². The molecule has 0 unspecified atom stereocenters. The van der Waals surface area contributed by atoms with Crippen LogP contribution in [0.15, 0.2) is 35.6 Å². The summed E-state index contributed by atoms with van der Waals surface area (Å²) in [4.78, 5) is 22.5. The van der Waals surface area contributed by atoms with E-state index in [1.54, 1.807) is 6.07 Å². The van der Waals surface area contributed by atoms with Gasteiger partial charge in [-0.1, -0.05) is 18.2 Å². The lowest BCUT2D eigenvalue weighted by molar-refractivity contribution is -0.142. The van der Waals surface area contributed by atoms with Gasteiger partial charge in [-0.25, -0.2) is 9.18 Å². The molecular formula is C12H9FO4. The molecule has 1 aromatic carbocycles. The number of ether oxygens (including phenoxy) is 1. The lowest BCUT2D eigenvalue weighted by atomic mass is 9.99. The van der Waals surface area contributed by atoms with Gasteiger partial charge < -0.3 is 9.84 Å². The Kier molecular flexibility index (Phi) is 2.67. The Labute approximate surface area is 96.3 Å². The lowest BCUT2D eigenvalue weighted by Crippen LogP contribution is -2.09. The van der Waals surface area contributed by atoms with Crippen molar-refractivity contribution in [1.29, 1.82) is 0 Å². The molecule has 0 bridgehead atoms. The molecule has 1 aliphatic rings. The van der Waals surface area contributed by atoms with Crippen molar-refractivity contribution in [3.05, 3.63) is 47.0 Å². The first-order valence-electron chi connectivity index (χ1n) is 4.92. The Hall–Kier alpha value is -2.17. The Morgan fingerprint density at radius 3 is 2.65 bits per heavy atom. The molecule has 88 valence electrons. The van der Waals surface area contributed by atoms with E-state index in [0.29, 0.717) is 0 Å². The van der Waals surface area contributed by atoms with Crippen LogP contribution in [0.2, 0.25) is 0 Å². The number of carbonyl (C=O) groups excluding carboxylic acids is 2. The van der Waals surface area contributed by atoms with Gasteiger partial charge in [-0.2, -0.15) is 0 Å². The highest BCUT2D eigenvalue weighted by molar-refractivity contribution is 6.05. The van der Waals surface area contributed by atoms with Crippen molar-refractivity contribution < 1.29 is 23.8 Å². The van der Waals surface area contributed by atoms with Gasteiger partial charge in [0, 0.05) is 5.56 Å². The van der Waals surface area contributed by atoms with Crippen LogP contribution in [0.3, 0.4) is 0 Å². The molecule has 1 aromatic rings. The first-order valence-corrected chi connectivity index (χ1v) is 4.92. The zero-order chi connectivity index (χ0) is 12.6. The van der Waals surface area contributed by atoms with Gasteiger partial charge in [-0.15, -0.1) is 0 Å². The van der Waals surface area contributed by atoms with Gasteiger partial charge in [-0.05, 0) is 13.0 Å². The summed E-state index contributed by atoms with van der Waals surface area (Å²) in [7, 11) is 0. The lowest BCUT2D eigenvalue weighted by Gasteiger charge is -2.12. The third-order valence-electron chi connectivity index (χ3n) is 2.50. The number of Topliss-reactive ketones (excluding diaryl/α,β-unsaturated/α-hetero) is 1. The molecule has 1 heterocycles. The van der Waals surface area contributed by atoms with Gasteiger partial charge in [-0.3, -0.25) is 4.79 Å². The number of carbonyl (C=O) groups is 2. The van der Waals surface area contributed by atoms with Gasteiger partial charge in [0.25, 0.3) is 0 Å². The molecule has 0 amide bonds. The predicted molar refractivity (Wildman–Crippen MR) is 55.6 cm³/mol. The highest BCUT2D eigenvalue weighted by Crippen LogP contribution is 2.35. The summed E-state index contributed by atoms with van der Waals surface area (Å²) in [5.41, 5.74) is -0.157. The number of aliphatic hydroxyl groups is 1. The maximum absolute atomic E-state index is 13.5. The summed E-state index contributed by atoms with van der Waals surface area (Å²) in [6.45, 7) is 1.18. The first-order chi connectivity index (χ1) is 8.02. The second kappa shape index (κ2) is 4.01. The number of halogens is 1. The summed E-state index contributed by atoms with van der Waals surface area (Å²) >= 11 is 0. The van der Waals surface area contributed by atoms with Crippen LogP contribution in [-0.2, 0) is 14.3 Å².